The average Bonchev–Trinajstić information content (AvgIpc) is 3.36. The zero-order valence-electron chi connectivity index (χ0n) is 22.5. The van der Waals surface area contributed by atoms with Crippen LogP contribution in [0.1, 0.15) is 91.4 Å². The maximum Gasteiger partial charge on any atom is 0.331 e. The molecule has 0 spiro atoms. The van der Waals surface area contributed by atoms with E-state index in [-0.39, 0.29) is 35.8 Å². The predicted octanol–water partition coefficient (Wildman–Crippen LogP) is 4.64. The molecule has 4 aliphatic carbocycles. The molecule has 6 aliphatic rings. The summed E-state index contributed by atoms with van der Waals surface area (Å²) in [5.41, 5.74) is -0.162. The van der Waals surface area contributed by atoms with Crippen molar-refractivity contribution >= 4 is 11.9 Å². The highest BCUT2D eigenvalue weighted by atomic mass is 16.5. The smallest absolute Gasteiger partial charge is 0.331 e. The zero-order chi connectivity index (χ0) is 25.3. The summed E-state index contributed by atoms with van der Waals surface area (Å²) in [4.78, 5) is 26.9. The number of hydrogen-bond acceptors (Lipinski definition) is 6. The Kier molecular flexibility index (Phi) is 6.11. The largest absolute Gasteiger partial charge is 0.462 e. The molecule has 1 saturated heterocycles. The summed E-state index contributed by atoms with van der Waals surface area (Å²) < 4.78 is 11.2. The fourth-order valence-electron chi connectivity index (χ4n) is 10.4. The molecule has 6 nitrogen and oxygen atoms in total. The summed E-state index contributed by atoms with van der Waals surface area (Å²) >= 11 is 0. The van der Waals surface area contributed by atoms with Gasteiger partial charge in [-0.15, -0.1) is 0 Å². The van der Waals surface area contributed by atoms with Gasteiger partial charge < -0.3 is 19.5 Å². The Labute approximate surface area is 216 Å². The molecule has 4 saturated carbocycles. The summed E-state index contributed by atoms with van der Waals surface area (Å²) in [7, 11) is 0. The van der Waals surface area contributed by atoms with Crippen LogP contribution in [0.2, 0.25) is 0 Å². The summed E-state index contributed by atoms with van der Waals surface area (Å²) in [6.07, 6.45) is 13.9. The first-order valence-corrected chi connectivity index (χ1v) is 14.7. The second-order valence-corrected chi connectivity index (χ2v) is 13.6. The minimum absolute atomic E-state index is 0.167. The number of fused-ring (bicyclic) bond motifs is 5. The SMILES string of the molecule is CC(=O)O[C@@H]1C[C@@]2(O)[C@@H]3CC[C@@H]4C[C@H](N5CCCCC5)CC[C@@]4(C)[C@@H]3CC[C@]2(C)[C@H]1C1=CC(=O)OC1. The number of likely N-dealkylation sites (tertiary alicyclic amines) is 1. The van der Waals surface area contributed by atoms with Crippen LogP contribution < -0.4 is 0 Å². The van der Waals surface area contributed by atoms with Crippen molar-refractivity contribution in [3.8, 4) is 0 Å². The maximum atomic E-state index is 12.7. The summed E-state index contributed by atoms with van der Waals surface area (Å²) in [6, 6.07) is 0.743. The van der Waals surface area contributed by atoms with Gasteiger partial charge in [0.15, 0.2) is 0 Å². The quantitative estimate of drug-likeness (QED) is 0.570. The molecule has 0 aromatic rings. The first-order chi connectivity index (χ1) is 17.2. The standard InChI is InChI=1S/C30H45NO5/c1-19(32)36-25-17-30(34)24-8-7-21-16-22(31-13-5-4-6-14-31)9-11-28(21,2)23(24)10-12-29(30,3)27(25)20-15-26(33)35-18-20/h15,21-25,27,34H,4-14,16-18H2,1-3H3/t21-,22-,23-,24-,25-,27+,28-,29-,30-/m1/s1. The van der Waals surface area contributed by atoms with Crippen LogP contribution in [0.25, 0.3) is 0 Å². The molecule has 0 bridgehead atoms. The van der Waals surface area contributed by atoms with Crippen molar-refractivity contribution in [1.82, 2.24) is 4.90 Å². The fraction of sp³-hybridized carbons (Fsp3) is 0.867. The lowest BCUT2D eigenvalue weighted by Gasteiger charge is -2.64. The number of rotatable bonds is 3. The van der Waals surface area contributed by atoms with Crippen LogP contribution in [0.5, 0.6) is 0 Å². The van der Waals surface area contributed by atoms with E-state index in [1.807, 2.05) is 0 Å². The van der Waals surface area contributed by atoms with E-state index in [4.69, 9.17) is 9.47 Å². The van der Waals surface area contributed by atoms with Gasteiger partial charge in [-0.25, -0.2) is 4.79 Å². The normalized spacial score (nSPS) is 48.9. The van der Waals surface area contributed by atoms with Crippen LogP contribution in [0.3, 0.4) is 0 Å². The van der Waals surface area contributed by atoms with Crippen LogP contribution >= 0.6 is 0 Å². The molecule has 0 amide bonds. The monoisotopic (exact) mass is 499 g/mol. The van der Waals surface area contributed by atoms with Crippen molar-refractivity contribution < 1.29 is 24.2 Å². The van der Waals surface area contributed by atoms with E-state index in [1.54, 1.807) is 6.08 Å². The number of nitrogens with zero attached hydrogens (tertiary/aromatic N) is 1. The highest BCUT2D eigenvalue weighted by molar-refractivity contribution is 5.85. The third-order valence-corrected chi connectivity index (χ3v) is 12.1. The molecule has 5 fully saturated rings. The van der Waals surface area contributed by atoms with E-state index in [0.717, 1.165) is 36.8 Å². The molecule has 0 aromatic carbocycles. The van der Waals surface area contributed by atoms with Crippen molar-refractivity contribution in [3.63, 3.8) is 0 Å². The van der Waals surface area contributed by atoms with Gasteiger partial charge in [-0.2, -0.15) is 0 Å². The molecular formula is C30H45NO5. The molecule has 9 atom stereocenters. The van der Waals surface area contributed by atoms with Crippen LogP contribution in [-0.4, -0.2) is 59.4 Å². The Morgan fingerprint density at radius 2 is 1.86 bits per heavy atom. The van der Waals surface area contributed by atoms with Crippen LogP contribution in [0.15, 0.2) is 11.6 Å². The van der Waals surface area contributed by atoms with E-state index in [2.05, 4.69) is 18.7 Å². The Morgan fingerprint density at radius 1 is 1.08 bits per heavy atom. The highest BCUT2D eigenvalue weighted by Crippen LogP contribution is 2.70. The molecule has 6 rings (SSSR count). The Bertz CT molecular complexity index is 942. The first-order valence-electron chi connectivity index (χ1n) is 14.7. The number of carbonyl (C=O) groups is 2. The van der Waals surface area contributed by atoms with E-state index in [0.29, 0.717) is 12.3 Å². The van der Waals surface area contributed by atoms with E-state index in [9.17, 15) is 14.7 Å². The van der Waals surface area contributed by atoms with Crippen molar-refractivity contribution in [2.24, 2.45) is 34.5 Å². The van der Waals surface area contributed by atoms with Gasteiger partial charge in [-0.3, -0.25) is 4.79 Å². The second kappa shape index (κ2) is 8.83. The molecular weight excluding hydrogens is 454 g/mol. The molecule has 1 N–H and O–H groups in total. The van der Waals surface area contributed by atoms with Crippen LogP contribution in [0, 0.1) is 34.5 Å². The van der Waals surface area contributed by atoms with Gasteiger partial charge in [0, 0.05) is 36.8 Å². The van der Waals surface area contributed by atoms with Crippen molar-refractivity contribution in [1.29, 1.82) is 0 Å². The number of esters is 2. The maximum absolute atomic E-state index is 12.7. The molecule has 36 heavy (non-hydrogen) atoms. The zero-order valence-corrected chi connectivity index (χ0v) is 22.5. The second-order valence-electron chi connectivity index (χ2n) is 13.6. The number of ether oxygens (including phenoxy) is 2. The summed E-state index contributed by atoms with van der Waals surface area (Å²) in [6.45, 7) is 8.99. The molecule has 200 valence electrons. The average molecular weight is 500 g/mol. The number of aliphatic hydroxyl groups is 1. The third-order valence-electron chi connectivity index (χ3n) is 12.1. The molecule has 0 unspecified atom stereocenters. The molecule has 2 aliphatic heterocycles. The Morgan fingerprint density at radius 3 is 2.56 bits per heavy atom. The summed E-state index contributed by atoms with van der Waals surface area (Å²) in [5, 5.41) is 12.7. The fourth-order valence-corrected chi connectivity index (χ4v) is 10.4. The number of carbonyl (C=O) groups excluding carboxylic acids is 2. The van der Waals surface area contributed by atoms with Gasteiger partial charge >= 0.3 is 11.9 Å². The van der Waals surface area contributed by atoms with Crippen molar-refractivity contribution in [3.05, 3.63) is 11.6 Å². The highest BCUT2D eigenvalue weighted by Gasteiger charge is 2.71. The molecule has 0 aromatic heterocycles. The van der Waals surface area contributed by atoms with Gasteiger partial charge in [-0.1, -0.05) is 20.3 Å². The van der Waals surface area contributed by atoms with Gasteiger partial charge in [0.1, 0.15) is 12.7 Å². The first kappa shape index (κ1) is 24.9. The van der Waals surface area contributed by atoms with Crippen molar-refractivity contribution in [2.45, 2.75) is 109 Å². The van der Waals surface area contributed by atoms with Crippen molar-refractivity contribution in [2.75, 3.05) is 19.7 Å². The lowest BCUT2D eigenvalue weighted by atomic mass is 9.43. The lowest BCUT2D eigenvalue weighted by Crippen LogP contribution is -2.62. The number of hydrogen-bond donors (Lipinski definition) is 1. The van der Waals surface area contributed by atoms with Gasteiger partial charge in [-0.05, 0) is 99.6 Å². The Balaban J connectivity index is 1.28. The Hall–Kier alpha value is -1.40. The molecule has 0 radical (unpaired) electrons. The van der Waals surface area contributed by atoms with Crippen LogP contribution in [0.4, 0.5) is 0 Å². The number of cyclic esters (lactones) is 1. The molecule has 2 heterocycles. The predicted molar refractivity (Wildman–Crippen MR) is 136 cm³/mol. The van der Waals surface area contributed by atoms with E-state index in [1.165, 1.54) is 65.0 Å². The lowest BCUT2D eigenvalue weighted by molar-refractivity contribution is -0.206. The minimum atomic E-state index is -0.898. The van der Waals surface area contributed by atoms with Gasteiger partial charge in [0.05, 0.1) is 5.60 Å². The van der Waals surface area contributed by atoms with Crippen LogP contribution in [-0.2, 0) is 19.1 Å². The topological polar surface area (TPSA) is 76.1 Å². The van der Waals surface area contributed by atoms with E-state index >= 15 is 0 Å². The van der Waals surface area contributed by atoms with Gasteiger partial charge in [0.25, 0.3) is 0 Å². The third kappa shape index (κ3) is 3.64. The molecule has 6 heteroatoms. The minimum Gasteiger partial charge on any atom is -0.462 e. The van der Waals surface area contributed by atoms with Gasteiger partial charge in [0.2, 0.25) is 0 Å². The summed E-state index contributed by atoms with van der Waals surface area (Å²) in [5.74, 6) is 0.647. The number of piperidine rings is 1. The van der Waals surface area contributed by atoms with E-state index < -0.39 is 17.1 Å².